The van der Waals surface area contributed by atoms with Crippen LogP contribution in [0.5, 0.6) is 5.75 Å². The largest absolute Gasteiger partial charge is 0.496 e. The standard InChI is InChI=1S/C13H16BrNO2S2/c1-17-12-6-9(14)2-3-11(12)13(16)15-7-10-8-18-4-5-19-10/h2-3,6,10H,4-5,7-8H2,1H3,(H,15,16). The summed E-state index contributed by atoms with van der Waals surface area (Å²) in [5, 5.41) is 3.51. The van der Waals surface area contributed by atoms with Crippen molar-refractivity contribution in [2.24, 2.45) is 0 Å². The second-order valence-corrected chi connectivity index (χ2v) is 7.60. The zero-order valence-corrected chi connectivity index (χ0v) is 13.9. The predicted molar refractivity (Wildman–Crippen MR) is 86.6 cm³/mol. The molecule has 1 aromatic rings. The van der Waals surface area contributed by atoms with Gasteiger partial charge in [0.25, 0.3) is 5.91 Å². The van der Waals surface area contributed by atoms with Crippen molar-refractivity contribution in [3.8, 4) is 5.75 Å². The molecule has 1 heterocycles. The maximum Gasteiger partial charge on any atom is 0.255 e. The monoisotopic (exact) mass is 361 g/mol. The normalized spacial score (nSPS) is 18.9. The second kappa shape index (κ2) is 7.45. The van der Waals surface area contributed by atoms with Gasteiger partial charge in [-0.3, -0.25) is 4.79 Å². The molecule has 0 aliphatic carbocycles. The molecule has 2 rings (SSSR count). The van der Waals surface area contributed by atoms with E-state index in [0.717, 1.165) is 16.8 Å². The van der Waals surface area contributed by atoms with Gasteiger partial charge in [0.05, 0.1) is 12.7 Å². The van der Waals surface area contributed by atoms with E-state index >= 15 is 0 Å². The van der Waals surface area contributed by atoms with Crippen LogP contribution >= 0.6 is 39.5 Å². The fraction of sp³-hybridized carbons (Fsp3) is 0.462. The maximum atomic E-state index is 12.2. The first kappa shape index (κ1) is 15.1. The highest BCUT2D eigenvalue weighted by Crippen LogP contribution is 2.25. The van der Waals surface area contributed by atoms with Crippen molar-refractivity contribution >= 4 is 45.4 Å². The highest BCUT2D eigenvalue weighted by atomic mass is 79.9. The van der Waals surface area contributed by atoms with Gasteiger partial charge in [0.1, 0.15) is 5.75 Å². The van der Waals surface area contributed by atoms with Crippen molar-refractivity contribution in [2.45, 2.75) is 5.25 Å². The van der Waals surface area contributed by atoms with Crippen LogP contribution in [-0.2, 0) is 0 Å². The minimum Gasteiger partial charge on any atom is -0.496 e. The first-order valence-electron chi connectivity index (χ1n) is 6.02. The summed E-state index contributed by atoms with van der Waals surface area (Å²) in [6.07, 6.45) is 0. The van der Waals surface area contributed by atoms with E-state index < -0.39 is 0 Å². The molecule has 1 aliphatic heterocycles. The van der Waals surface area contributed by atoms with Gasteiger partial charge in [-0.1, -0.05) is 15.9 Å². The summed E-state index contributed by atoms with van der Waals surface area (Å²) in [4.78, 5) is 12.2. The molecule has 1 amide bonds. The van der Waals surface area contributed by atoms with Crippen molar-refractivity contribution in [1.29, 1.82) is 0 Å². The van der Waals surface area contributed by atoms with E-state index in [1.807, 2.05) is 29.6 Å². The predicted octanol–water partition coefficient (Wildman–Crippen LogP) is 3.04. The Morgan fingerprint density at radius 3 is 3.05 bits per heavy atom. The maximum absolute atomic E-state index is 12.2. The van der Waals surface area contributed by atoms with E-state index in [1.54, 1.807) is 19.2 Å². The first-order chi connectivity index (χ1) is 9.20. The molecule has 0 bridgehead atoms. The summed E-state index contributed by atoms with van der Waals surface area (Å²) in [6, 6.07) is 5.43. The molecule has 0 radical (unpaired) electrons. The van der Waals surface area contributed by atoms with E-state index in [9.17, 15) is 4.79 Å². The lowest BCUT2D eigenvalue weighted by atomic mass is 10.2. The molecule has 1 atom stereocenters. The van der Waals surface area contributed by atoms with Gasteiger partial charge in [-0.15, -0.1) is 0 Å². The number of benzene rings is 1. The van der Waals surface area contributed by atoms with E-state index in [-0.39, 0.29) is 5.91 Å². The molecule has 1 unspecified atom stereocenters. The van der Waals surface area contributed by atoms with Crippen LogP contribution < -0.4 is 10.1 Å². The molecule has 6 heteroatoms. The summed E-state index contributed by atoms with van der Waals surface area (Å²) in [5.41, 5.74) is 0.583. The number of hydrogen-bond donors (Lipinski definition) is 1. The van der Waals surface area contributed by atoms with Gasteiger partial charge in [-0.25, -0.2) is 0 Å². The molecule has 0 saturated carbocycles. The molecule has 0 aromatic heterocycles. The van der Waals surface area contributed by atoms with Crippen LogP contribution in [0.2, 0.25) is 0 Å². The van der Waals surface area contributed by atoms with E-state index in [2.05, 4.69) is 21.2 Å². The quantitative estimate of drug-likeness (QED) is 0.894. The van der Waals surface area contributed by atoms with Crippen molar-refractivity contribution in [2.75, 3.05) is 30.9 Å². The molecule has 19 heavy (non-hydrogen) atoms. The SMILES string of the molecule is COc1cc(Br)ccc1C(=O)NCC1CSCCS1. The third kappa shape index (κ3) is 4.33. The van der Waals surface area contributed by atoms with Crippen molar-refractivity contribution in [1.82, 2.24) is 5.32 Å². The Morgan fingerprint density at radius 1 is 1.53 bits per heavy atom. The van der Waals surface area contributed by atoms with Crippen LogP contribution in [0.25, 0.3) is 0 Å². The Hall–Kier alpha value is -0.330. The molecular formula is C13H16BrNO2S2. The number of carbonyl (C=O) groups is 1. The van der Waals surface area contributed by atoms with E-state index in [1.165, 1.54) is 11.5 Å². The van der Waals surface area contributed by atoms with Crippen LogP contribution in [0, 0.1) is 0 Å². The highest BCUT2D eigenvalue weighted by molar-refractivity contribution is 9.10. The molecule has 3 nitrogen and oxygen atoms in total. The molecule has 1 saturated heterocycles. The number of carbonyl (C=O) groups excluding carboxylic acids is 1. The number of rotatable bonds is 4. The number of hydrogen-bond acceptors (Lipinski definition) is 4. The molecule has 1 N–H and O–H groups in total. The number of halogens is 1. The van der Waals surface area contributed by atoms with Gasteiger partial charge < -0.3 is 10.1 Å². The average molecular weight is 362 g/mol. The topological polar surface area (TPSA) is 38.3 Å². The lowest BCUT2D eigenvalue weighted by Gasteiger charge is -2.21. The molecule has 104 valence electrons. The average Bonchev–Trinajstić information content (AvgIpc) is 2.45. The van der Waals surface area contributed by atoms with Crippen LogP contribution in [0.3, 0.4) is 0 Å². The van der Waals surface area contributed by atoms with Crippen LogP contribution in [0.4, 0.5) is 0 Å². The van der Waals surface area contributed by atoms with Gasteiger partial charge in [-0.2, -0.15) is 23.5 Å². The number of methoxy groups -OCH3 is 1. The van der Waals surface area contributed by atoms with Crippen molar-refractivity contribution in [3.05, 3.63) is 28.2 Å². The molecule has 0 spiro atoms. The number of nitrogens with one attached hydrogen (secondary N) is 1. The number of ether oxygens (including phenoxy) is 1. The third-order valence-electron chi connectivity index (χ3n) is 2.78. The smallest absolute Gasteiger partial charge is 0.255 e. The van der Waals surface area contributed by atoms with Crippen molar-refractivity contribution in [3.63, 3.8) is 0 Å². The number of thioether (sulfide) groups is 2. The summed E-state index contributed by atoms with van der Waals surface area (Å²) >= 11 is 7.27. The Bertz CT molecular complexity index is 450. The third-order valence-corrected chi connectivity index (χ3v) is 6.12. The minimum atomic E-state index is -0.0690. The minimum absolute atomic E-state index is 0.0690. The molecular weight excluding hydrogens is 346 g/mol. The van der Waals surface area contributed by atoms with E-state index in [0.29, 0.717) is 16.6 Å². The Morgan fingerprint density at radius 2 is 2.37 bits per heavy atom. The van der Waals surface area contributed by atoms with E-state index in [4.69, 9.17) is 4.74 Å². The molecule has 1 fully saturated rings. The Kier molecular flexibility index (Phi) is 5.91. The van der Waals surface area contributed by atoms with Gasteiger partial charge in [0.15, 0.2) is 0 Å². The van der Waals surface area contributed by atoms with Gasteiger partial charge in [0.2, 0.25) is 0 Å². The fourth-order valence-corrected chi connectivity index (χ4v) is 4.76. The lowest BCUT2D eigenvalue weighted by molar-refractivity contribution is 0.0951. The summed E-state index contributed by atoms with van der Waals surface area (Å²) in [7, 11) is 1.58. The van der Waals surface area contributed by atoms with Gasteiger partial charge >= 0.3 is 0 Å². The summed E-state index contributed by atoms with van der Waals surface area (Å²) in [6.45, 7) is 0.718. The highest BCUT2D eigenvalue weighted by Gasteiger charge is 2.17. The first-order valence-corrected chi connectivity index (χ1v) is 9.01. The summed E-state index contributed by atoms with van der Waals surface area (Å²) in [5.74, 6) is 4.03. The molecule has 1 aromatic carbocycles. The van der Waals surface area contributed by atoms with Gasteiger partial charge in [0, 0.05) is 33.5 Å². The van der Waals surface area contributed by atoms with Crippen molar-refractivity contribution < 1.29 is 9.53 Å². The fourth-order valence-electron chi connectivity index (χ4n) is 1.81. The zero-order chi connectivity index (χ0) is 13.7. The summed E-state index contributed by atoms with van der Waals surface area (Å²) < 4.78 is 6.14. The Labute approximate surface area is 130 Å². The zero-order valence-electron chi connectivity index (χ0n) is 10.6. The van der Waals surface area contributed by atoms with Crippen LogP contribution in [-0.4, -0.2) is 42.1 Å². The number of amides is 1. The van der Waals surface area contributed by atoms with Crippen LogP contribution in [0.15, 0.2) is 22.7 Å². The molecule has 1 aliphatic rings. The second-order valence-electron chi connectivity index (χ2n) is 4.12. The lowest BCUT2D eigenvalue weighted by Crippen LogP contribution is -2.33. The Balaban J connectivity index is 1.95. The van der Waals surface area contributed by atoms with Gasteiger partial charge in [-0.05, 0) is 18.2 Å². The van der Waals surface area contributed by atoms with Crippen LogP contribution in [0.1, 0.15) is 10.4 Å².